The van der Waals surface area contributed by atoms with Crippen molar-refractivity contribution < 1.29 is 4.52 Å². The van der Waals surface area contributed by atoms with Crippen LogP contribution in [0.4, 0.5) is 0 Å². The SMILES string of the molecule is Cc1nc(CNCC2CCN(C)CC2)no1. The summed E-state index contributed by atoms with van der Waals surface area (Å²) in [4.78, 5) is 6.54. The smallest absolute Gasteiger partial charge is 0.223 e. The number of hydrogen-bond acceptors (Lipinski definition) is 5. The van der Waals surface area contributed by atoms with E-state index in [0.717, 1.165) is 18.3 Å². The molecule has 1 N–H and O–H groups in total. The third kappa shape index (κ3) is 3.28. The first-order valence-electron chi connectivity index (χ1n) is 5.92. The van der Waals surface area contributed by atoms with E-state index in [9.17, 15) is 0 Å². The first-order valence-corrected chi connectivity index (χ1v) is 5.92. The summed E-state index contributed by atoms with van der Waals surface area (Å²) >= 11 is 0. The van der Waals surface area contributed by atoms with Gasteiger partial charge in [-0.05, 0) is 45.4 Å². The minimum absolute atomic E-state index is 0.635. The van der Waals surface area contributed by atoms with Gasteiger partial charge in [-0.25, -0.2) is 0 Å². The van der Waals surface area contributed by atoms with E-state index >= 15 is 0 Å². The fourth-order valence-electron chi connectivity index (χ4n) is 2.07. The second kappa shape index (κ2) is 5.41. The Labute approximate surface area is 96.2 Å². The number of rotatable bonds is 4. The average Bonchev–Trinajstić information content (AvgIpc) is 2.67. The van der Waals surface area contributed by atoms with Crippen LogP contribution in [0.5, 0.6) is 0 Å². The van der Waals surface area contributed by atoms with Crippen molar-refractivity contribution in [3.8, 4) is 0 Å². The van der Waals surface area contributed by atoms with Crippen LogP contribution in [0.3, 0.4) is 0 Å². The summed E-state index contributed by atoms with van der Waals surface area (Å²) in [6.45, 7) is 6.01. The van der Waals surface area contributed by atoms with Crippen LogP contribution in [0.2, 0.25) is 0 Å². The van der Waals surface area contributed by atoms with E-state index in [1.54, 1.807) is 0 Å². The molecular formula is C11H20N4O. The molecule has 0 aliphatic carbocycles. The number of nitrogens with zero attached hydrogens (tertiary/aromatic N) is 3. The summed E-state index contributed by atoms with van der Waals surface area (Å²) < 4.78 is 4.91. The van der Waals surface area contributed by atoms with Crippen LogP contribution in [0, 0.1) is 12.8 Å². The van der Waals surface area contributed by atoms with Crippen molar-refractivity contribution in [2.24, 2.45) is 5.92 Å². The second-order valence-corrected chi connectivity index (χ2v) is 4.61. The molecule has 1 fully saturated rings. The van der Waals surface area contributed by atoms with Gasteiger partial charge in [-0.1, -0.05) is 5.16 Å². The molecule has 0 aromatic carbocycles. The van der Waals surface area contributed by atoms with Gasteiger partial charge in [0, 0.05) is 6.92 Å². The zero-order valence-corrected chi connectivity index (χ0v) is 10.1. The summed E-state index contributed by atoms with van der Waals surface area (Å²) in [6, 6.07) is 0. The van der Waals surface area contributed by atoms with Crippen molar-refractivity contribution >= 4 is 0 Å². The van der Waals surface area contributed by atoms with Crippen LogP contribution in [0.1, 0.15) is 24.6 Å². The Morgan fingerprint density at radius 2 is 2.19 bits per heavy atom. The number of aromatic nitrogens is 2. The van der Waals surface area contributed by atoms with E-state index in [-0.39, 0.29) is 0 Å². The minimum Gasteiger partial charge on any atom is -0.340 e. The molecule has 1 saturated heterocycles. The topological polar surface area (TPSA) is 54.2 Å². The van der Waals surface area contributed by atoms with Crippen LogP contribution < -0.4 is 5.32 Å². The van der Waals surface area contributed by atoms with Crippen molar-refractivity contribution in [1.82, 2.24) is 20.4 Å². The maximum absolute atomic E-state index is 4.91. The van der Waals surface area contributed by atoms with Crippen LogP contribution in [0.15, 0.2) is 4.52 Å². The Hall–Kier alpha value is -0.940. The van der Waals surface area contributed by atoms with E-state index < -0.39 is 0 Å². The molecule has 0 atom stereocenters. The van der Waals surface area contributed by atoms with E-state index in [2.05, 4.69) is 27.4 Å². The first-order chi connectivity index (χ1) is 7.74. The molecule has 0 amide bonds. The zero-order chi connectivity index (χ0) is 11.4. The van der Waals surface area contributed by atoms with Gasteiger partial charge in [0.25, 0.3) is 0 Å². The number of likely N-dealkylation sites (tertiary alicyclic amines) is 1. The van der Waals surface area contributed by atoms with Gasteiger partial charge in [0.05, 0.1) is 6.54 Å². The molecule has 0 bridgehead atoms. The minimum atomic E-state index is 0.635. The molecule has 90 valence electrons. The van der Waals surface area contributed by atoms with E-state index in [1.165, 1.54) is 25.9 Å². The maximum atomic E-state index is 4.91. The number of nitrogens with one attached hydrogen (secondary N) is 1. The summed E-state index contributed by atoms with van der Waals surface area (Å²) in [7, 11) is 2.19. The summed E-state index contributed by atoms with van der Waals surface area (Å²) in [6.07, 6.45) is 2.57. The third-order valence-corrected chi connectivity index (χ3v) is 3.12. The number of hydrogen-bond donors (Lipinski definition) is 1. The van der Waals surface area contributed by atoms with Gasteiger partial charge in [-0.3, -0.25) is 0 Å². The molecule has 5 nitrogen and oxygen atoms in total. The van der Waals surface area contributed by atoms with Gasteiger partial charge in [-0.2, -0.15) is 4.98 Å². The molecule has 2 heterocycles. The lowest BCUT2D eigenvalue weighted by Crippen LogP contribution is -2.34. The second-order valence-electron chi connectivity index (χ2n) is 4.61. The molecule has 1 aliphatic heterocycles. The Morgan fingerprint density at radius 1 is 1.44 bits per heavy atom. The highest BCUT2D eigenvalue weighted by molar-refractivity contribution is 4.83. The summed E-state index contributed by atoms with van der Waals surface area (Å²) in [5.41, 5.74) is 0. The molecule has 0 saturated carbocycles. The lowest BCUT2D eigenvalue weighted by molar-refractivity contribution is 0.215. The normalized spacial score (nSPS) is 19.1. The van der Waals surface area contributed by atoms with Crippen molar-refractivity contribution in [2.75, 3.05) is 26.7 Å². The molecule has 0 unspecified atom stereocenters. The highest BCUT2D eigenvalue weighted by Crippen LogP contribution is 2.14. The van der Waals surface area contributed by atoms with Gasteiger partial charge in [-0.15, -0.1) is 0 Å². The third-order valence-electron chi connectivity index (χ3n) is 3.12. The molecule has 0 radical (unpaired) electrons. The van der Waals surface area contributed by atoms with E-state index in [4.69, 9.17) is 4.52 Å². The van der Waals surface area contributed by atoms with E-state index in [0.29, 0.717) is 12.4 Å². The molecule has 0 spiro atoms. The summed E-state index contributed by atoms with van der Waals surface area (Å²) in [5, 5.41) is 7.25. The maximum Gasteiger partial charge on any atom is 0.223 e. The van der Waals surface area contributed by atoms with Crippen molar-refractivity contribution in [3.63, 3.8) is 0 Å². The molecule has 1 aromatic heterocycles. The van der Waals surface area contributed by atoms with Gasteiger partial charge in [0.15, 0.2) is 5.82 Å². The van der Waals surface area contributed by atoms with Gasteiger partial charge in [0.1, 0.15) is 0 Å². The molecule has 2 rings (SSSR count). The highest BCUT2D eigenvalue weighted by atomic mass is 16.5. The largest absolute Gasteiger partial charge is 0.340 e. The van der Waals surface area contributed by atoms with Gasteiger partial charge < -0.3 is 14.7 Å². The quantitative estimate of drug-likeness (QED) is 0.820. The van der Waals surface area contributed by atoms with Gasteiger partial charge in [0.2, 0.25) is 5.89 Å². The summed E-state index contributed by atoms with van der Waals surface area (Å²) in [5.74, 6) is 2.19. The lowest BCUT2D eigenvalue weighted by Gasteiger charge is -2.28. The molecule has 1 aliphatic rings. The van der Waals surface area contributed by atoms with Crippen LogP contribution in [-0.4, -0.2) is 41.7 Å². The fourth-order valence-corrected chi connectivity index (χ4v) is 2.07. The van der Waals surface area contributed by atoms with E-state index in [1.807, 2.05) is 6.92 Å². The number of aryl methyl sites for hydroxylation is 1. The van der Waals surface area contributed by atoms with Crippen LogP contribution in [0.25, 0.3) is 0 Å². The fraction of sp³-hybridized carbons (Fsp3) is 0.818. The Balaban J connectivity index is 1.64. The van der Waals surface area contributed by atoms with Crippen molar-refractivity contribution in [2.45, 2.75) is 26.3 Å². The molecular weight excluding hydrogens is 204 g/mol. The molecule has 16 heavy (non-hydrogen) atoms. The average molecular weight is 224 g/mol. The number of piperidine rings is 1. The standard InChI is InChI=1S/C11H20N4O/c1-9-13-11(14-16-9)8-12-7-10-3-5-15(2)6-4-10/h10,12H,3-8H2,1-2H3. The van der Waals surface area contributed by atoms with Crippen LogP contribution in [-0.2, 0) is 6.54 Å². The van der Waals surface area contributed by atoms with Crippen molar-refractivity contribution in [1.29, 1.82) is 0 Å². The van der Waals surface area contributed by atoms with Crippen LogP contribution >= 0.6 is 0 Å². The Bertz CT molecular complexity index is 318. The predicted molar refractivity (Wildman–Crippen MR) is 61.0 cm³/mol. The first kappa shape index (κ1) is 11.5. The van der Waals surface area contributed by atoms with Crippen molar-refractivity contribution in [3.05, 3.63) is 11.7 Å². The highest BCUT2D eigenvalue weighted by Gasteiger charge is 2.16. The molecule has 5 heteroatoms. The Kier molecular flexibility index (Phi) is 3.90. The monoisotopic (exact) mass is 224 g/mol. The molecule has 1 aromatic rings. The predicted octanol–water partition coefficient (Wildman–Crippen LogP) is 0.809. The zero-order valence-electron chi connectivity index (χ0n) is 10.1. The Morgan fingerprint density at radius 3 is 2.81 bits per heavy atom. The lowest BCUT2D eigenvalue weighted by atomic mass is 9.97. The van der Waals surface area contributed by atoms with Gasteiger partial charge >= 0.3 is 0 Å².